The van der Waals surface area contributed by atoms with E-state index in [-0.39, 0.29) is 12.6 Å². The Balaban J connectivity index is 1.36. The molecule has 188 valence electrons. The molecule has 0 spiro atoms. The number of anilines is 4. The topological polar surface area (TPSA) is 121 Å². The maximum atomic E-state index is 9.88. The molecule has 1 saturated heterocycles. The van der Waals surface area contributed by atoms with Crippen molar-refractivity contribution in [1.82, 2.24) is 24.3 Å². The summed E-state index contributed by atoms with van der Waals surface area (Å²) >= 11 is 6.35. The molecule has 4 heterocycles. The predicted molar refractivity (Wildman–Crippen MR) is 141 cm³/mol. The van der Waals surface area contributed by atoms with Crippen LogP contribution in [0.4, 0.5) is 23.5 Å². The predicted octanol–water partition coefficient (Wildman–Crippen LogP) is 2.32. The van der Waals surface area contributed by atoms with Gasteiger partial charge >= 0.3 is 0 Å². The summed E-state index contributed by atoms with van der Waals surface area (Å²) in [5.41, 5.74) is 9.99. The van der Waals surface area contributed by atoms with Gasteiger partial charge in [0.1, 0.15) is 11.4 Å². The van der Waals surface area contributed by atoms with Gasteiger partial charge in [0.05, 0.1) is 24.4 Å². The first-order valence-electron chi connectivity index (χ1n) is 11.5. The number of imidazole rings is 1. The molecule has 1 aliphatic rings. The van der Waals surface area contributed by atoms with Gasteiger partial charge in [-0.1, -0.05) is 11.6 Å². The van der Waals surface area contributed by atoms with Gasteiger partial charge in [-0.25, -0.2) is 4.98 Å². The standard InChI is InChI=1S/C24H28ClN9O2/c1-31(2)23-28-22(26)29-24(30-23)33-8-6-32(7-9-33)16-4-5-34-13-19(27-21(34)11-16)17-12-18(25)20(36-3)10-15(17)14-35/h4-5,10-13,35H,6-9,14H2,1-3H3,(H2,26,28,29,30). The van der Waals surface area contributed by atoms with Gasteiger partial charge in [0.15, 0.2) is 0 Å². The summed E-state index contributed by atoms with van der Waals surface area (Å²) in [5, 5.41) is 10.3. The maximum absolute atomic E-state index is 9.88. The van der Waals surface area contributed by atoms with E-state index in [0.717, 1.165) is 48.8 Å². The molecule has 4 aromatic rings. The van der Waals surface area contributed by atoms with Gasteiger partial charge in [-0.3, -0.25) is 0 Å². The second kappa shape index (κ2) is 9.67. The van der Waals surface area contributed by atoms with Gasteiger partial charge in [-0.05, 0) is 23.8 Å². The lowest BCUT2D eigenvalue weighted by Crippen LogP contribution is -2.47. The Morgan fingerprint density at radius 3 is 2.50 bits per heavy atom. The van der Waals surface area contributed by atoms with Crippen molar-refractivity contribution in [3.63, 3.8) is 0 Å². The fraction of sp³-hybridized carbons (Fsp3) is 0.333. The highest BCUT2D eigenvalue weighted by Gasteiger charge is 2.22. The van der Waals surface area contributed by atoms with Crippen LogP contribution in [0.5, 0.6) is 5.75 Å². The average molecular weight is 510 g/mol. The highest BCUT2D eigenvalue weighted by Crippen LogP contribution is 2.34. The van der Waals surface area contributed by atoms with Crippen molar-refractivity contribution in [3.05, 3.63) is 47.2 Å². The van der Waals surface area contributed by atoms with Crippen molar-refractivity contribution in [2.24, 2.45) is 0 Å². The van der Waals surface area contributed by atoms with Gasteiger partial charge < -0.3 is 34.7 Å². The SMILES string of the molecule is COc1cc(CO)c(-c2cn3ccc(N4CCN(c5nc(N)nc(N(C)C)n5)CC4)cc3n2)cc1Cl. The van der Waals surface area contributed by atoms with Crippen LogP contribution in [-0.4, -0.2) is 76.8 Å². The molecule has 0 bridgehead atoms. The molecule has 3 N–H and O–H groups in total. The number of hydrogen-bond acceptors (Lipinski definition) is 10. The van der Waals surface area contributed by atoms with Crippen LogP contribution < -0.4 is 25.2 Å². The van der Waals surface area contributed by atoms with Crippen LogP contribution in [0.1, 0.15) is 5.56 Å². The van der Waals surface area contributed by atoms with E-state index < -0.39 is 0 Å². The van der Waals surface area contributed by atoms with Crippen LogP contribution >= 0.6 is 11.6 Å². The van der Waals surface area contributed by atoms with Crippen LogP contribution in [0.3, 0.4) is 0 Å². The molecule has 0 saturated carbocycles. The van der Waals surface area contributed by atoms with E-state index >= 15 is 0 Å². The second-order valence-electron chi connectivity index (χ2n) is 8.74. The van der Waals surface area contributed by atoms with Crippen molar-refractivity contribution in [3.8, 4) is 17.0 Å². The number of aliphatic hydroxyl groups excluding tert-OH is 1. The molecule has 0 amide bonds. The van der Waals surface area contributed by atoms with Gasteiger partial charge in [0.2, 0.25) is 17.8 Å². The first-order valence-corrected chi connectivity index (χ1v) is 11.9. The number of rotatable bonds is 6. The third-order valence-electron chi connectivity index (χ3n) is 6.22. The highest BCUT2D eigenvalue weighted by molar-refractivity contribution is 6.32. The zero-order valence-corrected chi connectivity index (χ0v) is 21.1. The summed E-state index contributed by atoms with van der Waals surface area (Å²) < 4.78 is 7.24. The quantitative estimate of drug-likeness (QED) is 0.400. The van der Waals surface area contributed by atoms with Crippen molar-refractivity contribution in [2.45, 2.75) is 6.61 Å². The highest BCUT2D eigenvalue weighted by atomic mass is 35.5. The Kier molecular flexibility index (Phi) is 6.42. The number of nitrogen functional groups attached to an aromatic ring is 1. The number of methoxy groups -OCH3 is 1. The third kappa shape index (κ3) is 4.54. The Morgan fingerprint density at radius 2 is 1.81 bits per heavy atom. The number of pyridine rings is 1. The van der Waals surface area contributed by atoms with Gasteiger partial charge in [-0.15, -0.1) is 0 Å². The van der Waals surface area contributed by atoms with E-state index in [1.54, 1.807) is 19.2 Å². The van der Waals surface area contributed by atoms with Gasteiger partial charge in [-0.2, -0.15) is 15.0 Å². The average Bonchev–Trinajstić information content (AvgIpc) is 3.31. The van der Waals surface area contributed by atoms with Gasteiger partial charge in [0.25, 0.3) is 0 Å². The summed E-state index contributed by atoms with van der Waals surface area (Å²) in [4.78, 5) is 24.1. The molecule has 11 nitrogen and oxygen atoms in total. The number of benzene rings is 1. The van der Waals surface area contributed by atoms with Crippen molar-refractivity contribution < 1.29 is 9.84 Å². The molecule has 3 aromatic heterocycles. The van der Waals surface area contributed by atoms with E-state index in [9.17, 15) is 5.11 Å². The molecule has 1 aliphatic heterocycles. The molecule has 0 atom stereocenters. The number of aliphatic hydroxyl groups is 1. The van der Waals surface area contributed by atoms with Crippen molar-refractivity contribution >= 4 is 40.8 Å². The Bertz CT molecular complexity index is 1400. The molecule has 1 fully saturated rings. The molecule has 12 heteroatoms. The summed E-state index contributed by atoms with van der Waals surface area (Å²) in [7, 11) is 5.30. The minimum absolute atomic E-state index is 0.144. The number of nitrogens with two attached hydrogens (primary N) is 1. The molecule has 1 aromatic carbocycles. The smallest absolute Gasteiger partial charge is 0.232 e. The van der Waals surface area contributed by atoms with Crippen molar-refractivity contribution in [2.75, 3.05) is 67.8 Å². The van der Waals surface area contributed by atoms with E-state index in [1.807, 2.05) is 35.8 Å². The minimum Gasteiger partial charge on any atom is -0.495 e. The van der Waals surface area contributed by atoms with Crippen LogP contribution in [0, 0.1) is 0 Å². The molecular weight excluding hydrogens is 482 g/mol. The lowest BCUT2D eigenvalue weighted by Gasteiger charge is -2.36. The van der Waals surface area contributed by atoms with E-state index in [0.29, 0.717) is 28.2 Å². The fourth-order valence-electron chi connectivity index (χ4n) is 4.29. The fourth-order valence-corrected chi connectivity index (χ4v) is 4.54. The molecule has 0 aliphatic carbocycles. The molecular formula is C24H28ClN9O2. The molecule has 5 rings (SSSR count). The normalized spacial score (nSPS) is 13.9. The summed E-state index contributed by atoms with van der Waals surface area (Å²) in [6.45, 7) is 2.97. The lowest BCUT2D eigenvalue weighted by molar-refractivity contribution is 0.281. The van der Waals surface area contributed by atoms with Crippen LogP contribution in [0.25, 0.3) is 16.9 Å². The number of aromatic nitrogens is 5. The molecule has 0 radical (unpaired) electrons. The van der Waals surface area contributed by atoms with Crippen molar-refractivity contribution in [1.29, 1.82) is 0 Å². The van der Waals surface area contributed by atoms with E-state index in [4.69, 9.17) is 27.1 Å². The number of halogens is 1. The maximum Gasteiger partial charge on any atom is 0.232 e. The zero-order chi connectivity index (χ0) is 25.4. The monoisotopic (exact) mass is 509 g/mol. The van der Waals surface area contributed by atoms with Crippen LogP contribution in [0.15, 0.2) is 36.7 Å². The summed E-state index contributed by atoms with van der Waals surface area (Å²) in [6, 6.07) is 7.67. The van der Waals surface area contributed by atoms with Crippen LogP contribution in [-0.2, 0) is 6.61 Å². The first kappa shape index (κ1) is 23.9. The van der Waals surface area contributed by atoms with Gasteiger partial charge in [0, 0.05) is 70.0 Å². The number of piperazine rings is 1. The summed E-state index contributed by atoms with van der Waals surface area (Å²) in [6.07, 6.45) is 3.93. The summed E-state index contributed by atoms with van der Waals surface area (Å²) in [5.74, 6) is 1.88. The lowest BCUT2D eigenvalue weighted by atomic mass is 10.1. The van der Waals surface area contributed by atoms with E-state index in [2.05, 4.69) is 36.9 Å². The third-order valence-corrected chi connectivity index (χ3v) is 6.52. The second-order valence-corrected chi connectivity index (χ2v) is 9.15. The Labute approximate surface area is 213 Å². The zero-order valence-electron chi connectivity index (χ0n) is 20.4. The van der Waals surface area contributed by atoms with Crippen LogP contribution in [0.2, 0.25) is 5.02 Å². The number of ether oxygens (including phenoxy) is 1. The largest absolute Gasteiger partial charge is 0.495 e. The van der Waals surface area contributed by atoms with E-state index in [1.165, 1.54) is 0 Å². The number of fused-ring (bicyclic) bond motifs is 1. The first-order chi connectivity index (χ1) is 17.4. The Hall–Kier alpha value is -3.83. The number of nitrogens with zero attached hydrogens (tertiary/aromatic N) is 8. The molecule has 36 heavy (non-hydrogen) atoms. The minimum atomic E-state index is -0.144. The number of hydrogen-bond donors (Lipinski definition) is 2. The Morgan fingerprint density at radius 1 is 1.06 bits per heavy atom. The molecule has 0 unspecified atom stereocenters.